The zero-order chi connectivity index (χ0) is 14.7. The van der Waals surface area contributed by atoms with E-state index < -0.39 is 0 Å². The second-order valence-corrected chi connectivity index (χ2v) is 4.91. The van der Waals surface area contributed by atoms with E-state index in [2.05, 4.69) is 38.7 Å². The van der Waals surface area contributed by atoms with Crippen LogP contribution < -0.4 is 5.43 Å². The van der Waals surface area contributed by atoms with Crippen molar-refractivity contribution in [2.45, 2.75) is 13.8 Å². The standard InChI is InChI=1S/C17H16N4/c1-12-10-13(2)20-17(19-12)21-18-11-15-8-5-7-14-6-3-4-9-16(14)15/h3-11H,1-2H3,(H,19,20,21). The summed E-state index contributed by atoms with van der Waals surface area (Å²) in [7, 11) is 0. The molecule has 1 aromatic heterocycles. The van der Waals surface area contributed by atoms with Crippen LogP contribution in [0.3, 0.4) is 0 Å². The van der Waals surface area contributed by atoms with Crippen molar-refractivity contribution in [1.29, 1.82) is 0 Å². The highest BCUT2D eigenvalue weighted by atomic mass is 15.3. The Morgan fingerprint density at radius 1 is 0.952 bits per heavy atom. The van der Waals surface area contributed by atoms with Gasteiger partial charge in [-0.15, -0.1) is 0 Å². The van der Waals surface area contributed by atoms with E-state index >= 15 is 0 Å². The van der Waals surface area contributed by atoms with Gasteiger partial charge in [-0.3, -0.25) is 0 Å². The molecule has 0 bridgehead atoms. The number of benzene rings is 2. The molecule has 104 valence electrons. The number of fused-ring (bicyclic) bond motifs is 1. The number of rotatable bonds is 3. The molecule has 0 amide bonds. The minimum atomic E-state index is 0.518. The molecule has 0 unspecified atom stereocenters. The Labute approximate surface area is 123 Å². The highest BCUT2D eigenvalue weighted by molar-refractivity contribution is 5.99. The first-order valence-corrected chi connectivity index (χ1v) is 6.81. The summed E-state index contributed by atoms with van der Waals surface area (Å²) in [5.41, 5.74) is 5.79. The highest BCUT2D eigenvalue weighted by Crippen LogP contribution is 2.16. The fraction of sp³-hybridized carbons (Fsp3) is 0.118. The van der Waals surface area contributed by atoms with Gasteiger partial charge in [-0.05, 0) is 30.7 Å². The van der Waals surface area contributed by atoms with Crippen molar-refractivity contribution in [3.05, 3.63) is 65.5 Å². The Balaban J connectivity index is 1.85. The lowest BCUT2D eigenvalue weighted by molar-refractivity contribution is 1.04. The average Bonchev–Trinajstić information content (AvgIpc) is 2.46. The lowest BCUT2D eigenvalue weighted by atomic mass is 10.1. The van der Waals surface area contributed by atoms with Gasteiger partial charge in [0.25, 0.3) is 0 Å². The smallest absolute Gasteiger partial charge is 0.243 e. The molecule has 0 atom stereocenters. The maximum absolute atomic E-state index is 4.29. The van der Waals surface area contributed by atoms with Crippen molar-refractivity contribution >= 4 is 22.9 Å². The van der Waals surface area contributed by atoms with E-state index in [1.54, 1.807) is 6.21 Å². The maximum Gasteiger partial charge on any atom is 0.243 e. The molecule has 4 nitrogen and oxygen atoms in total. The maximum atomic E-state index is 4.29. The Kier molecular flexibility index (Phi) is 3.60. The van der Waals surface area contributed by atoms with Crippen molar-refractivity contribution in [2.75, 3.05) is 5.43 Å². The van der Waals surface area contributed by atoms with E-state index in [9.17, 15) is 0 Å². The first kappa shape index (κ1) is 13.2. The summed E-state index contributed by atoms with van der Waals surface area (Å²) < 4.78 is 0. The summed E-state index contributed by atoms with van der Waals surface area (Å²) in [4.78, 5) is 8.58. The van der Waals surface area contributed by atoms with Crippen molar-refractivity contribution in [1.82, 2.24) is 9.97 Å². The van der Waals surface area contributed by atoms with Gasteiger partial charge in [-0.25, -0.2) is 15.4 Å². The number of anilines is 1. The van der Waals surface area contributed by atoms with E-state index in [1.165, 1.54) is 10.8 Å². The summed E-state index contributed by atoms with van der Waals surface area (Å²) in [6, 6.07) is 16.3. The number of nitrogens with zero attached hydrogens (tertiary/aromatic N) is 3. The van der Waals surface area contributed by atoms with E-state index in [-0.39, 0.29) is 0 Å². The quantitative estimate of drug-likeness (QED) is 0.586. The topological polar surface area (TPSA) is 50.2 Å². The zero-order valence-corrected chi connectivity index (χ0v) is 12.0. The number of nitrogens with one attached hydrogen (secondary N) is 1. The van der Waals surface area contributed by atoms with Crippen molar-refractivity contribution in [2.24, 2.45) is 5.10 Å². The molecule has 0 saturated heterocycles. The number of aromatic nitrogens is 2. The predicted octanol–water partition coefficient (Wildman–Crippen LogP) is 3.69. The molecule has 0 aliphatic carbocycles. The molecular formula is C17H16N4. The third kappa shape index (κ3) is 3.05. The van der Waals surface area contributed by atoms with Crippen LogP contribution in [0.1, 0.15) is 17.0 Å². The fourth-order valence-electron chi connectivity index (χ4n) is 2.30. The Bertz CT molecular complexity index is 783. The number of hydrogen-bond donors (Lipinski definition) is 1. The van der Waals surface area contributed by atoms with Crippen LogP contribution in [0, 0.1) is 13.8 Å². The monoisotopic (exact) mass is 276 g/mol. The van der Waals surface area contributed by atoms with Crippen LogP contribution in [0.5, 0.6) is 0 Å². The van der Waals surface area contributed by atoms with Crippen molar-refractivity contribution < 1.29 is 0 Å². The van der Waals surface area contributed by atoms with Crippen LogP contribution in [-0.2, 0) is 0 Å². The molecule has 0 fully saturated rings. The molecule has 21 heavy (non-hydrogen) atoms. The van der Waals surface area contributed by atoms with E-state index in [1.807, 2.05) is 44.2 Å². The van der Waals surface area contributed by atoms with E-state index in [0.717, 1.165) is 17.0 Å². The molecule has 2 aromatic carbocycles. The number of aryl methyl sites for hydroxylation is 2. The lowest BCUT2D eigenvalue weighted by Gasteiger charge is -2.03. The molecule has 0 radical (unpaired) electrons. The van der Waals surface area contributed by atoms with E-state index in [0.29, 0.717) is 5.95 Å². The summed E-state index contributed by atoms with van der Waals surface area (Å²) in [5, 5.41) is 6.62. The fourth-order valence-corrected chi connectivity index (χ4v) is 2.30. The molecular weight excluding hydrogens is 260 g/mol. The van der Waals surface area contributed by atoms with Crippen LogP contribution in [0.15, 0.2) is 53.6 Å². The second-order valence-electron chi connectivity index (χ2n) is 4.91. The first-order chi connectivity index (χ1) is 10.2. The molecule has 0 aliphatic heterocycles. The largest absolute Gasteiger partial charge is 0.245 e. The normalized spacial score (nSPS) is 11.1. The SMILES string of the molecule is Cc1cc(C)nc(NN=Cc2cccc3ccccc23)n1. The van der Waals surface area contributed by atoms with Gasteiger partial charge in [0, 0.05) is 17.0 Å². The minimum absolute atomic E-state index is 0.518. The molecule has 0 saturated carbocycles. The van der Waals surface area contributed by atoms with Gasteiger partial charge < -0.3 is 0 Å². The summed E-state index contributed by atoms with van der Waals surface area (Å²) >= 11 is 0. The molecule has 1 N–H and O–H groups in total. The molecule has 4 heteroatoms. The third-order valence-corrected chi connectivity index (χ3v) is 3.17. The third-order valence-electron chi connectivity index (χ3n) is 3.17. The molecule has 0 spiro atoms. The Hall–Kier alpha value is -2.75. The summed E-state index contributed by atoms with van der Waals surface area (Å²) in [5.74, 6) is 0.518. The molecule has 3 rings (SSSR count). The van der Waals surface area contributed by atoms with Crippen LogP contribution in [-0.4, -0.2) is 16.2 Å². The van der Waals surface area contributed by atoms with Gasteiger partial charge in [-0.1, -0.05) is 42.5 Å². The molecule has 3 aromatic rings. The highest BCUT2D eigenvalue weighted by Gasteiger charge is 1.99. The zero-order valence-electron chi connectivity index (χ0n) is 12.0. The van der Waals surface area contributed by atoms with Gasteiger partial charge in [0.2, 0.25) is 5.95 Å². The van der Waals surface area contributed by atoms with E-state index in [4.69, 9.17) is 0 Å². The van der Waals surface area contributed by atoms with Crippen molar-refractivity contribution in [3.8, 4) is 0 Å². The number of hydrazone groups is 1. The molecule has 0 aliphatic rings. The van der Waals surface area contributed by atoms with Crippen molar-refractivity contribution in [3.63, 3.8) is 0 Å². The van der Waals surface area contributed by atoms with Gasteiger partial charge >= 0.3 is 0 Å². The van der Waals surface area contributed by atoms with Crippen LogP contribution >= 0.6 is 0 Å². The Morgan fingerprint density at radius 3 is 2.48 bits per heavy atom. The first-order valence-electron chi connectivity index (χ1n) is 6.81. The lowest BCUT2D eigenvalue weighted by Crippen LogP contribution is -1.99. The summed E-state index contributed by atoms with van der Waals surface area (Å²) in [6.07, 6.45) is 1.80. The van der Waals surface area contributed by atoms with Gasteiger partial charge in [0.05, 0.1) is 6.21 Å². The summed E-state index contributed by atoms with van der Waals surface area (Å²) in [6.45, 7) is 3.88. The minimum Gasteiger partial charge on any atom is -0.245 e. The second kappa shape index (κ2) is 5.71. The number of hydrogen-bond acceptors (Lipinski definition) is 4. The van der Waals surface area contributed by atoms with Gasteiger partial charge in [-0.2, -0.15) is 5.10 Å². The molecule has 1 heterocycles. The van der Waals surface area contributed by atoms with Gasteiger partial charge in [0.1, 0.15) is 0 Å². The van der Waals surface area contributed by atoms with Crippen LogP contribution in [0.25, 0.3) is 10.8 Å². The van der Waals surface area contributed by atoms with Crippen LogP contribution in [0.4, 0.5) is 5.95 Å². The van der Waals surface area contributed by atoms with Gasteiger partial charge in [0.15, 0.2) is 0 Å². The Morgan fingerprint density at radius 2 is 1.67 bits per heavy atom. The predicted molar refractivity (Wildman–Crippen MR) is 86.7 cm³/mol. The average molecular weight is 276 g/mol. The van der Waals surface area contributed by atoms with Crippen LogP contribution in [0.2, 0.25) is 0 Å².